The number of likely N-dealkylation sites (tertiary alicyclic amines) is 1. The zero-order valence-electron chi connectivity index (χ0n) is 12.8. The third-order valence-electron chi connectivity index (χ3n) is 3.96. The van der Waals surface area contributed by atoms with Gasteiger partial charge in [-0.3, -0.25) is 4.79 Å². The van der Waals surface area contributed by atoms with Crippen molar-refractivity contribution in [3.8, 4) is 0 Å². The maximum atomic E-state index is 12.0. The van der Waals surface area contributed by atoms with Crippen molar-refractivity contribution in [3.05, 3.63) is 0 Å². The van der Waals surface area contributed by atoms with E-state index in [1.165, 1.54) is 0 Å². The van der Waals surface area contributed by atoms with E-state index in [9.17, 15) is 4.79 Å². The minimum Gasteiger partial charge on any atom is -0.343 e. The number of rotatable bonds is 4. The Kier molecular flexibility index (Phi) is 5.64. The van der Waals surface area contributed by atoms with E-state index in [1.807, 2.05) is 4.90 Å². The molecule has 1 saturated heterocycles. The molecule has 1 heterocycles. The number of piperidine rings is 1. The van der Waals surface area contributed by atoms with Gasteiger partial charge in [0.1, 0.15) is 0 Å². The molecule has 0 aromatic heterocycles. The summed E-state index contributed by atoms with van der Waals surface area (Å²) in [7, 11) is 0. The van der Waals surface area contributed by atoms with Crippen LogP contribution in [0.5, 0.6) is 0 Å². The van der Waals surface area contributed by atoms with Gasteiger partial charge in [0.15, 0.2) is 0 Å². The van der Waals surface area contributed by atoms with Crippen molar-refractivity contribution in [1.29, 1.82) is 0 Å². The van der Waals surface area contributed by atoms with E-state index in [-0.39, 0.29) is 0 Å². The number of hydrogen-bond acceptors (Lipinski definition) is 2. The van der Waals surface area contributed by atoms with E-state index in [2.05, 4.69) is 39.9 Å². The summed E-state index contributed by atoms with van der Waals surface area (Å²) in [5.74, 6) is 1.07. The number of nitrogens with one attached hydrogen (secondary N) is 1. The Hall–Kier alpha value is -0.570. The first-order valence-corrected chi connectivity index (χ1v) is 7.32. The Labute approximate surface area is 112 Å². The summed E-state index contributed by atoms with van der Waals surface area (Å²) in [6.07, 6.45) is 2.96. The van der Waals surface area contributed by atoms with Crippen LogP contribution in [0.25, 0.3) is 0 Å². The molecular formula is C15H30N2O. The highest BCUT2D eigenvalue weighted by Crippen LogP contribution is 2.34. The highest BCUT2D eigenvalue weighted by Gasteiger charge is 2.30. The third-order valence-corrected chi connectivity index (χ3v) is 3.96. The Morgan fingerprint density at radius 3 is 2.28 bits per heavy atom. The van der Waals surface area contributed by atoms with Gasteiger partial charge in [0.25, 0.3) is 0 Å². The minimum absolute atomic E-state index is 0.315. The number of amides is 1. The van der Waals surface area contributed by atoms with Crippen molar-refractivity contribution in [2.75, 3.05) is 19.6 Å². The highest BCUT2D eigenvalue weighted by molar-refractivity contribution is 5.76. The van der Waals surface area contributed by atoms with Crippen molar-refractivity contribution in [2.24, 2.45) is 11.3 Å². The molecule has 0 saturated carbocycles. The van der Waals surface area contributed by atoms with E-state index >= 15 is 0 Å². The predicted molar refractivity (Wildman–Crippen MR) is 76.5 cm³/mol. The van der Waals surface area contributed by atoms with Crippen LogP contribution in [0.1, 0.15) is 53.9 Å². The number of carbonyl (C=O) groups is 1. The molecule has 0 aromatic carbocycles. The predicted octanol–water partition coefficient (Wildman–Crippen LogP) is 2.66. The van der Waals surface area contributed by atoms with E-state index in [1.54, 1.807) is 0 Å². The zero-order valence-corrected chi connectivity index (χ0v) is 12.8. The van der Waals surface area contributed by atoms with E-state index in [4.69, 9.17) is 0 Å². The Morgan fingerprint density at radius 2 is 1.83 bits per heavy atom. The maximum absolute atomic E-state index is 12.0. The van der Waals surface area contributed by atoms with Crippen LogP contribution in [0, 0.1) is 11.3 Å². The van der Waals surface area contributed by atoms with Crippen LogP contribution in [0.15, 0.2) is 0 Å². The topological polar surface area (TPSA) is 32.3 Å². The molecule has 1 aliphatic rings. The summed E-state index contributed by atoms with van der Waals surface area (Å²) in [4.78, 5) is 14.1. The van der Waals surface area contributed by atoms with Gasteiger partial charge >= 0.3 is 0 Å². The van der Waals surface area contributed by atoms with E-state index in [0.717, 1.165) is 38.4 Å². The van der Waals surface area contributed by atoms with Crippen LogP contribution >= 0.6 is 0 Å². The molecule has 1 amide bonds. The van der Waals surface area contributed by atoms with Gasteiger partial charge in [-0.1, -0.05) is 34.6 Å². The normalized spacial score (nSPS) is 18.4. The molecule has 1 rings (SSSR count). The van der Waals surface area contributed by atoms with Gasteiger partial charge in [0, 0.05) is 32.1 Å². The first kappa shape index (κ1) is 15.5. The number of hydrogen-bond donors (Lipinski definition) is 1. The molecule has 1 fully saturated rings. The van der Waals surface area contributed by atoms with Crippen molar-refractivity contribution < 1.29 is 4.79 Å². The van der Waals surface area contributed by atoms with Gasteiger partial charge in [0.2, 0.25) is 5.91 Å². The van der Waals surface area contributed by atoms with Crippen LogP contribution in [0.3, 0.4) is 0 Å². The van der Waals surface area contributed by atoms with Gasteiger partial charge in [-0.2, -0.15) is 0 Å². The smallest absolute Gasteiger partial charge is 0.223 e. The summed E-state index contributed by atoms with van der Waals surface area (Å²) >= 11 is 0. The second kappa shape index (κ2) is 6.55. The van der Waals surface area contributed by atoms with Crippen molar-refractivity contribution >= 4 is 5.91 Å². The van der Waals surface area contributed by atoms with Crippen molar-refractivity contribution in [2.45, 2.75) is 59.9 Å². The quantitative estimate of drug-likeness (QED) is 0.836. The molecule has 0 aromatic rings. The Morgan fingerprint density at radius 1 is 1.28 bits per heavy atom. The monoisotopic (exact) mass is 254 g/mol. The summed E-state index contributed by atoms with van der Waals surface area (Å²) in [6, 6.07) is 0.462. The lowest BCUT2D eigenvalue weighted by Crippen LogP contribution is -2.42. The summed E-state index contributed by atoms with van der Waals surface area (Å²) in [5.41, 5.74) is 0.383. The van der Waals surface area contributed by atoms with Crippen LogP contribution in [-0.2, 0) is 4.79 Å². The van der Waals surface area contributed by atoms with Gasteiger partial charge in [-0.05, 0) is 24.2 Å². The average molecular weight is 254 g/mol. The van der Waals surface area contributed by atoms with Gasteiger partial charge in [-0.15, -0.1) is 0 Å². The average Bonchev–Trinajstić information content (AvgIpc) is 2.27. The molecular weight excluding hydrogens is 224 g/mol. The molecule has 0 unspecified atom stereocenters. The molecule has 106 valence electrons. The van der Waals surface area contributed by atoms with Crippen molar-refractivity contribution in [1.82, 2.24) is 10.2 Å². The second-order valence-electron chi connectivity index (χ2n) is 6.88. The van der Waals surface area contributed by atoms with Crippen LogP contribution < -0.4 is 5.32 Å². The molecule has 0 bridgehead atoms. The lowest BCUT2D eigenvalue weighted by atomic mass is 9.75. The molecule has 18 heavy (non-hydrogen) atoms. The van der Waals surface area contributed by atoms with Crippen LogP contribution in [-0.4, -0.2) is 36.5 Å². The first-order chi connectivity index (χ1) is 8.30. The van der Waals surface area contributed by atoms with Crippen LogP contribution in [0.4, 0.5) is 0 Å². The van der Waals surface area contributed by atoms with E-state index < -0.39 is 0 Å². The number of carbonyl (C=O) groups excluding carboxylic acids is 1. The Bertz CT molecular complexity index is 260. The van der Waals surface area contributed by atoms with E-state index in [0.29, 0.717) is 23.8 Å². The lowest BCUT2D eigenvalue weighted by Gasteiger charge is -2.38. The molecule has 1 N–H and O–H groups in total. The third kappa shape index (κ3) is 4.97. The Balaban J connectivity index is 2.28. The second-order valence-corrected chi connectivity index (χ2v) is 6.88. The molecule has 0 atom stereocenters. The largest absolute Gasteiger partial charge is 0.343 e. The summed E-state index contributed by atoms with van der Waals surface area (Å²) in [6.45, 7) is 13.8. The molecule has 0 aliphatic carbocycles. The van der Waals surface area contributed by atoms with Gasteiger partial charge in [-0.25, -0.2) is 0 Å². The first-order valence-electron chi connectivity index (χ1n) is 7.32. The standard InChI is InChI=1S/C15H30N2O/c1-12(2)16-9-6-14(18)17-10-7-13(8-11-17)15(3,4)5/h12-13,16H,6-11H2,1-5H3. The number of nitrogens with zero attached hydrogens (tertiary/aromatic N) is 1. The van der Waals surface area contributed by atoms with Crippen molar-refractivity contribution in [3.63, 3.8) is 0 Å². The SMILES string of the molecule is CC(C)NCCC(=O)N1CCC(C(C)(C)C)CC1. The fourth-order valence-corrected chi connectivity index (χ4v) is 2.62. The minimum atomic E-state index is 0.315. The molecule has 3 nitrogen and oxygen atoms in total. The summed E-state index contributed by atoms with van der Waals surface area (Å²) in [5, 5.41) is 3.30. The zero-order chi connectivity index (χ0) is 13.8. The molecule has 0 spiro atoms. The molecule has 3 heteroatoms. The highest BCUT2D eigenvalue weighted by atomic mass is 16.2. The summed E-state index contributed by atoms with van der Waals surface area (Å²) < 4.78 is 0. The maximum Gasteiger partial charge on any atom is 0.223 e. The van der Waals surface area contributed by atoms with Gasteiger partial charge in [0.05, 0.1) is 0 Å². The molecule has 1 aliphatic heterocycles. The van der Waals surface area contributed by atoms with Gasteiger partial charge < -0.3 is 10.2 Å². The molecule has 0 radical (unpaired) electrons. The fourth-order valence-electron chi connectivity index (χ4n) is 2.62. The fraction of sp³-hybridized carbons (Fsp3) is 0.933. The lowest BCUT2D eigenvalue weighted by molar-refractivity contribution is -0.133. The van der Waals surface area contributed by atoms with Crippen LogP contribution in [0.2, 0.25) is 0 Å².